The standard InChI is InChI=1S/C13H10ClIN2O/c1-8-10(3-2-6-16-8)13(18)17-12-5-4-9(15)7-11(12)14/h2-7H,1H3,(H,17,18). The molecule has 2 aromatic rings. The van der Waals surface area contributed by atoms with E-state index in [0.29, 0.717) is 22.0 Å². The van der Waals surface area contributed by atoms with Gasteiger partial charge in [0, 0.05) is 15.5 Å². The van der Waals surface area contributed by atoms with Crippen LogP contribution < -0.4 is 5.32 Å². The summed E-state index contributed by atoms with van der Waals surface area (Å²) in [4.78, 5) is 16.1. The molecular weight excluding hydrogens is 363 g/mol. The maximum atomic E-state index is 12.1. The van der Waals surface area contributed by atoms with Crippen molar-refractivity contribution in [3.8, 4) is 0 Å². The van der Waals surface area contributed by atoms with Gasteiger partial charge in [0.15, 0.2) is 0 Å². The molecule has 0 aliphatic carbocycles. The van der Waals surface area contributed by atoms with Crippen LogP contribution in [0.3, 0.4) is 0 Å². The number of halogens is 2. The van der Waals surface area contributed by atoms with Crippen molar-refractivity contribution in [1.29, 1.82) is 0 Å². The van der Waals surface area contributed by atoms with E-state index in [1.54, 1.807) is 37.4 Å². The molecule has 1 N–H and O–H groups in total. The van der Waals surface area contributed by atoms with Gasteiger partial charge in [-0.1, -0.05) is 11.6 Å². The van der Waals surface area contributed by atoms with Gasteiger partial charge in [-0.15, -0.1) is 0 Å². The largest absolute Gasteiger partial charge is 0.321 e. The Morgan fingerprint density at radius 1 is 1.39 bits per heavy atom. The number of aryl methyl sites for hydroxylation is 1. The van der Waals surface area contributed by atoms with Crippen molar-refractivity contribution in [2.45, 2.75) is 6.92 Å². The summed E-state index contributed by atoms with van der Waals surface area (Å²) in [5, 5.41) is 3.31. The fourth-order valence-electron chi connectivity index (χ4n) is 1.50. The zero-order valence-electron chi connectivity index (χ0n) is 9.58. The lowest BCUT2D eigenvalue weighted by atomic mass is 10.2. The van der Waals surface area contributed by atoms with E-state index in [9.17, 15) is 4.79 Å². The molecule has 0 spiro atoms. The SMILES string of the molecule is Cc1ncccc1C(=O)Nc1ccc(I)cc1Cl. The van der Waals surface area contributed by atoms with Crippen LogP contribution in [-0.4, -0.2) is 10.9 Å². The highest BCUT2D eigenvalue weighted by molar-refractivity contribution is 14.1. The second-order valence-corrected chi connectivity index (χ2v) is 5.37. The van der Waals surface area contributed by atoms with Gasteiger partial charge in [0.05, 0.1) is 16.3 Å². The number of aromatic nitrogens is 1. The third-order valence-corrected chi connectivity index (χ3v) is 3.41. The number of carbonyl (C=O) groups is 1. The summed E-state index contributed by atoms with van der Waals surface area (Å²) in [5.41, 5.74) is 1.84. The highest BCUT2D eigenvalue weighted by atomic mass is 127. The molecule has 0 saturated carbocycles. The minimum absolute atomic E-state index is 0.205. The molecule has 5 heteroatoms. The highest BCUT2D eigenvalue weighted by Crippen LogP contribution is 2.24. The van der Waals surface area contributed by atoms with E-state index >= 15 is 0 Å². The Bertz CT molecular complexity index is 601. The fourth-order valence-corrected chi connectivity index (χ4v) is 2.41. The first kappa shape index (κ1) is 13.3. The Labute approximate surface area is 124 Å². The third kappa shape index (κ3) is 3.00. The van der Waals surface area contributed by atoms with Crippen LogP contribution in [0.25, 0.3) is 0 Å². The molecule has 0 atom stereocenters. The van der Waals surface area contributed by atoms with Crippen LogP contribution in [0, 0.1) is 10.5 Å². The van der Waals surface area contributed by atoms with E-state index < -0.39 is 0 Å². The number of hydrogen-bond donors (Lipinski definition) is 1. The molecule has 0 aliphatic heterocycles. The first-order chi connectivity index (χ1) is 8.58. The molecule has 0 fully saturated rings. The first-order valence-electron chi connectivity index (χ1n) is 5.26. The van der Waals surface area contributed by atoms with Crippen LogP contribution in [0.1, 0.15) is 16.1 Å². The van der Waals surface area contributed by atoms with Gasteiger partial charge in [-0.2, -0.15) is 0 Å². The van der Waals surface area contributed by atoms with E-state index in [0.717, 1.165) is 3.57 Å². The molecule has 1 heterocycles. The molecule has 3 nitrogen and oxygen atoms in total. The van der Waals surface area contributed by atoms with E-state index in [1.807, 2.05) is 6.07 Å². The van der Waals surface area contributed by atoms with Crippen molar-refractivity contribution in [3.63, 3.8) is 0 Å². The maximum absolute atomic E-state index is 12.1. The van der Waals surface area contributed by atoms with E-state index in [1.165, 1.54) is 0 Å². The Kier molecular flexibility index (Phi) is 4.19. The van der Waals surface area contributed by atoms with Gasteiger partial charge in [0.1, 0.15) is 0 Å². The van der Waals surface area contributed by atoms with Gasteiger partial charge < -0.3 is 5.32 Å². The fraction of sp³-hybridized carbons (Fsp3) is 0.0769. The number of carbonyl (C=O) groups excluding carboxylic acids is 1. The van der Waals surface area contributed by atoms with Crippen molar-refractivity contribution < 1.29 is 4.79 Å². The molecule has 0 unspecified atom stereocenters. The molecular formula is C13H10ClIN2O. The molecule has 1 aromatic heterocycles. The van der Waals surface area contributed by atoms with E-state index in [2.05, 4.69) is 32.9 Å². The summed E-state index contributed by atoms with van der Waals surface area (Å²) in [5.74, 6) is -0.205. The summed E-state index contributed by atoms with van der Waals surface area (Å²) in [6.07, 6.45) is 1.66. The lowest BCUT2D eigenvalue weighted by Crippen LogP contribution is -2.14. The predicted molar refractivity (Wildman–Crippen MR) is 81.1 cm³/mol. The normalized spacial score (nSPS) is 10.2. The van der Waals surface area contributed by atoms with Crippen molar-refractivity contribution in [1.82, 2.24) is 4.98 Å². The number of anilines is 1. The molecule has 0 aliphatic rings. The van der Waals surface area contributed by atoms with E-state index in [-0.39, 0.29) is 5.91 Å². The van der Waals surface area contributed by atoms with Gasteiger partial charge in [-0.25, -0.2) is 0 Å². The van der Waals surface area contributed by atoms with Crippen molar-refractivity contribution >= 4 is 45.8 Å². The highest BCUT2D eigenvalue weighted by Gasteiger charge is 2.11. The number of nitrogens with one attached hydrogen (secondary N) is 1. The van der Waals surface area contributed by atoms with Crippen LogP contribution in [0.5, 0.6) is 0 Å². The third-order valence-electron chi connectivity index (χ3n) is 2.43. The predicted octanol–water partition coefficient (Wildman–Crippen LogP) is 3.90. The number of rotatable bonds is 2. The average Bonchev–Trinajstić information content (AvgIpc) is 2.33. The Hall–Kier alpha value is -1.14. The number of pyridine rings is 1. The van der Waals surface area contributed by atoms with Gasteiger partial charge in [-0.05, 0) is 59.8 Å². The van der Waals surface area contributed by atoms with Crippen LogP contribution in [0.2, 0.25) is 5.02 Å². The minimum Gasteiger partial charge on any atom is -0.321 e. The summed E-state index contributed by atoms with van der Waals surface area (Å²) in [7, 11) is 0. The lowest BCUT2D eigenvalue weighted by Gasteiger charge is -2.08. The van der Waals surface area contributed by atoms with Gasteiger partial charge in [0.25, 0.3) is 5.91 Å². The molecule has 1 amide bonds. The quantitative estimate of drug-likeness (QED) is 0.813. The lowest BCUT2D eigenvalue weighted by molar-refractivity contribution is 0.102. The van der Waals surface area contributed by atoms with Crippen molar-refractivity contribution in [2.75, 3.05) is 5.32 Å². The second kappa shape index (κ2) is 5.67. The molecule has 2 rings (SSSR count). The number of hydrogen-bond acceptors (Lipinski definition) is 2. The average molecular weight is 373 g/mol. The Morgan fingerprint density at radius 2 is 2.17 bits per heavy atom. The van der Waals surface area contributed by atoms with Gasteiger partial charge in [0.2, 0.25) is 0 Å². The van der Waals surface area contributed by atoms with Gasteiger partial charge >= 0.3 is 0 Å². The van der Waals surface area contributed by atoms with Crippen LogP contribution in [0.4, 0.5) is 5.69 Å². The molecule has 1 aromatic carbocycles. The second-order valence-electron chi connectivity index (χ2n) is 3.71. The zero-order valence-corrected chi connectivity index (χ0v) is 12.5. The Morgan fingerprint density at radius 3 is 2.83 bits per heavy atom. The zero-order chi connectivity index (χ0) is 13.1. The minimum atomic E-state index is -0.205. The van der Waals surface area contributed by atoms with Crippen molar-refractivity contribution in [2.24, 2.45) is 0 Å². The summed E-state index contributed by atoms with van der Waals surface area (Å²) < 4.78 is 1.02. The van der Waals surface area contributed by atoms with E-state index in [4.69, 9.17) is 11.6 Å². The molecule has 0 saturated heterocycles. The monoisotopic (exact) mass is 372 g/mol. The Balaban J connectivity index is 2.24. The topological polar surface area (TPSA) is 42.0 Å². The van der Waals surface area contributed by atoms with Crippen LogP contribution >= 0.6 is 34.2 Å². The van der Waals surface area contributed by atoms with Crippen molar-refractivity contribution in [3.05, 3.63) is 56.4 Å². The molecule has 0 bridgehead atoms. The molecule has 0 radical (unpaired) electrons. The summed E-state index contributed by atoms with van der Waals surface area (Å²) in [6.45, 7) is 1.80. The first-order valence-corrected chi connectivity index (χ1v) is 6.71. The van der Waals surface area contributed by atoms with Crippen LogP contribution in [-0.2, 0) is 0 Å². The number of nitrogens with zero attached hydrogens (tertiary/aromatic N) is 1. The number of amides is 1. The summed E-state index contributed by atoms with van der Waals surface area (Å²) in [6, 6.07) is 8.94. The number of benzene rings is 1. The van der Waals surface area contributed by atoms with Gasteiger partial charge in [-0.3, -0.25) is 9.78 Å². The molecule has 92 valence electrons. The smallest absolute Gasteiger partial charge is 0.257 e. The maximum Gasteiger partial charge on any atom is 0.257 e. The van der Waals surface area contributed by atoms with Crippen LogP contribution in [0.15, 0.2) is 36.5 Å². The molecule has 18 heavy (non-hydrogen) atoms. The summed E-state index contributed by atoms with van der Waals surface area (Å²) >= 11 is 8.23.